The molecule has 0 amide bonds. The third kappa shape index (κ3) is 3.00. The van der Waals surface area contributed by atoms with E-state index in [1.165, 1.54) is 0 Å². The van der Waals surface area contributed by atoms with Crippen molar-refractivity contribution in [1.29, 1.82) is 0 Å². The molecule has 2 rings (SSSR count). The van der Waals surface area contributed by atoms with E-state index in [-0.39, 0.29) is 6.04 Å². The molecule has 0 radical (unpaired) electrons. The van der Waals surface area contributed by atoms with Crippen LogP contribution in [0.2, 0.25) is 0 Å². The molecular weight excluding hydrogens is 272 g/mol. The lowest BCUT2D eigenvalue weighted by Gasteiger charge is -2.39. The molecule has 2 atom stereocenters. The van der Waals surface area contributed by atoms with Crippen LogP contribution in [-0.2, 0) is 10.2 Å². The maximum atomic E-state index is 12.6. The summed E-state index contributed by atoms with van der Waals surface area (Å²) in [5, 5.41) is 0. The molecule has 2 saturated heterocycles. The topological polar surface area (TPSA) is 40.6 Å². The van der Waals surface area contributed by atoms with Crippen molar-refractivity contribution in [2.75, 3.05) is 25.5 Å². The van der Waals surface area contributed by atoms with Crippen molar-refractivity contribution in [3.05, 3.63) is 0 Å². The van der Waals surface area contributed by atoms with Crippen LogP contribution in [0.25, 0.3) is 0 Å². The molecule has 18 heavy (non-hydrogen) atoms. The second-order valence-electron chi connectivity index (χ2n) is 5.48. The first-order valence-corrected chi connectivity index (χ1v) is 8.81. The van der Waals surface area contributed by atoms with Gasteiger partial charge >= 0.3 is 0 Å². The summed E-state index contributed by atoms with van der Waals surface area (Å²) in [7, 11) is -3.27. The first-order valence-electron chi connectivity index (χ1n) is 6.88. The molecule has 0 aliphatic carbocycles. The summed E-state index contributed by atoms with van der Waals surface area (Å²) in [5.74, 6) is 0.872. The van der Waals surface area contributed by atoms with Gasteiger partial charge in [0.25, 0.3) is 10.2 Å². The molecule has 2 aliphatic heterocycles. The number of rotatable bonds is 3. The van der Waals surface area contributed by atoms with Gasteiger partial charge in [-0.3, -0.25) is 0 Å². The Kier molecular flexibility index (Phi) is 4.92. The zero-order chi connectivity index (χ0) is 13.2. The Hall–Kier alpha value is 0.160. The molecule has 6 heteroatoms. The second kappa shape index (κ2) is 6.07. The average molecular weight is 295 g/mol. The Labute approximate surface area is 115 Å². The van der Waals surface area contributed by atoms with E-state index >= 15 is 0 Å². The predicted octanol–water partition coefficient (Wildman–Crippen LogP) is 2.06. The highest BCUT2D eigenvalue weighted by atomic mass is 35.5. The third-order valence-corrected chi connectivity index (χ3v) is 6.62. The molecule has 4 nitrogen and oxygen atoms in total. The van der Waals surface area contributed by atoms with E-state index in [0.717, 1.165) is 32.1 Å². The summed E-state index contributed by atoms with van der Waals surface area (Å²) in [6.07, 6.45) is 5.07. The van der Waals surface area contributed by atoms with E-state index in [1.807, 2.05) is 6.92 Å². The van der Waals surface area contributed by atoms with Crippen LogP contribution < -0.4 is 0 Å². The van der Waals surface area contributed by atoms with Gasteiger partial charge < -0.3 is 0 Å². The number of halogens is 1. The standard InChI is InChI=1S/C12H23ClN2O2S/c1-11-5-2-3-8-15(11)18(16,17)14-7-4-6-12(9-13)10-14/h11-12H,2-10H2,1H3. The maximum absolute atomic E-state index is 12.6. The van der Waals surface area contributed by atoms with Crippen LogP contribution in [0.1, 0.15) is 39.0 Å². The number of alkyl halides is 1. The number of nitrogens with zero attached hydrogens (tertiary/aromatic N) is 2. The zero-order valence-corrected chi connectivity index (χ0v) is 12.6. The smallest absolute Gasteiger partial charge is 0.195 e. The average Bonchev–Trinajstić information content (AvgIpc) is 2.39. The quantitative estimate of drug-likeness (QED) is 0.748. The van der Waals surface area contributed by atoms with Crippen molar-refractivity contribution in [2.24, 2.45) is 5.92 Å². The van der Waals surface area contributed by atoms with Crippen LogP contribution in [0.4, 0.5) is 0 Å². The summed E-state index contributed by atoms with van der Waals surface area (Å²) in [5.41, 5.74) is 0. The van der Waals surface area contributed by atoms with E-state index < -0.39 is 10.2 Å². The van der Waals surface area contributed by atoms with Crippen molar-refractivity contribution in [1.82, 2.24) is 8.61 Å². The van der Waals surface area contributed by atoms with Crippen LogP contribution >= 0.6 is 11.6 Å². The van der Waals surface area contributed by atoms with E-state index in [4.69, 9.17) is 11.6 Å². The lowest BCUT2D eigenvalue weighted by atomic mass is 10.0. The van der Waals surface area contributed by atoms with Gasteiger partial charge in [0.2, 0.25) is 0 Å². The van der Waals surface area contributed by atoms with Crippen molar-refractivity contribution in [3.8, 4) is 0 Å². The Balaban J connectivity index is 2.09. The first-order chi connectivity index (χ1) is 8.55. The van der Waals surface area contributed by atoms with Gasteiger partial charge in [-0.1, -0.05) is 6.42 Å². The normalized spacial score (nSPS) is 32.6. The van der Waals surface area contributed by atoms with Gasteiger partial charge in [-0.25, -0.2) is 0 Å². The SMILES string of the molecule is CC1CCCCN1S(=O)(=O)N1CCCC(CCl)C1. The van der Waals surface area contributed by atoms with E-state index in [2.05, 4.69) is 0 Å². The molecule has 2 heterocycles. The molecule has 0 saturated carbocycles. The minimum absolute atomic E-state index is 0.139. The van der Waals surface area contributed by atoms with Crippen molar-refractivity contribution < 1.29 is 8.42 Å². The molecule has 0 spiro atoms. The highest BCUT2D eigenvalue weighted by Gasteiger charge is 2.36. The zero-order valence-electron chi connectivity index (χ0n) is 11.0. The Morgan fingerprint density at radius 2 is 1.94 bits per heavy atom. The minimum atomic E-state index is -3.27. The fraction of sp³-hybridized carbons (Fsp3) is 1.00. The molecule has 0 bridgehead atoms. The van der Waals surface area contributed by atoms with Crippen molar-refractivity contribution >= 4 is 21.8 Å². The number of hydrogen-bond acceptors (Lipinski definition) is 2. The summed E-state index contributed by atoms with van der Waals surface area (Å²) < 4.78 is 28.6. The molecule has 0 aromatic rings. The maximum Gasteiger partial charge on any atom is 0.282 e. The fourth-order valence-corrected chi connectivity index (χ4v) is 5.15. The molecule has 2 unspecified atom stereocenters. The van der Waals surface area contributed by atoms with Gasteiger partial charge in [-0.15, -0.1) is 11.6 Å². The molecule has 2 fully saturated rings. The highest BCUT2D eigenvalue weighted by Crippen LogP contribution is 2.26. The minimum Gasteiger partial charge on any atom is -0.195 e. The number of hydrogen-bond donors (Lipinski definition) is 0. The van der Waals surface area contributed by atoms with Gasteiger partial charge in [-0.05, 0) is 38.5 Å². The highest BCUT2D eigenvalue weighted by molar-refractivity contribution is 7.86. The van der Waals surface area contributed by atoms with Gasteiger partial charge in [-0.2, -0.15) is 17.0 Å². The largest absolute Gasteiger partial charge is 0.282 e. The lowest BCUT2D eigenvalue weighted by molar-refractivity contribution is 0.219. The van der Waals surface area contributed by atoms with Crippen LogP contribution in [0.5, 0.6) is 0 Å². The van der Waals surface area contributed by atoms with E-state index in [0.29, 0.717) is 31.4 Å². The van der Waals surface area contributed by atoms with Crippen LogP contribution in [-0.4, -0.2) is 48.6 Å². The predicted molar refractivity (Wildman–Crippen MR) is 74.0 cm³/mol. The Morgan fingerprint density at radius 3 is 2.61 bits per heavy atom. The van der Waals surface area contributed by atoms with Gasteiger partial charge in [0.05, 0.1) is 0 Å². The Bertz CT molecular complexity index is 374. The lowest BCUT2D eigenvalue weighted by Crippen LogP contribution is -2.52. The number of piperidine rings is 2. The first kappa shape index (κ1) is 14.6. The fourth-order valence-electron chi connectivity index (χ4n) is 2.93. The summed E-state index contributed by atoms with van der Waals surface area (Å²) >= 11 is 5.88. The summed E-state index contributed by atoms with van der Waals surface area (Å²) in [6.45, 7) is 3.93. The van der Waals surface area contributed by atoms with Crippen LogP contribution in [0, 0.1) is 5.92 Å². The monoisotopic (exact) mass is 294 g/mol. The van der Waals surface area contributed by atoms with Crippen molar-refractivity contribution in [2.45, 2.75) is 45.1 Å². The second-order valence-corrected chi connectivity index (χ2v) is 7.67. The molecule has 0 N–H and O–H groups in total. The van der Waals surface area contributed by atoms with Crippen LogP contribution in [0.3, 0.4) is 0 Å². The van der Waals surface area contributed by atoms with E-state index in [1.54, 1.807) is 8.61 Å². The molecule has 2 aliphatic rings. The van der Waals surface area contributed by atoms with E-state index in [9.17, 15) is 8.42 Å². The van der Waals surface area contributed by atoms with Gasteiger partial charge in [0.15, 0.2) is 0 Å². The van der Waals surface area contributed by atoms with Crippen LogP contribution in [0.15, 0.2) is 0 Å². The molecular formula is C12H23ClN2O2S. The molecule has 106 valence electrons. The summed E-state index contributed by atoms with van der Waals surface area (Å²) in [4.78, 5) is 0. The summed E-state index contributed by atoms with van der Waals surface area (Å²) in [6, 6.07) is 0.139. The Morgan fingerprint density at radius 1 is 1.17 bits per heavy atom. The molecule has 0 aromatic carbocycles. The third-order valence-electron chi connectivity index (χ3n) is 4.06. The van der Waals surface area contributed by atoms with Gasteiger partial charge in [0, 0.05) is 31.6 Å². The van der Waals surface area contributed by atoms with Gasteiger partial charge in [0.1, 0.15) is 0 Å². The van der Waals surface area contributed by atoms with Crippen molar-refractivity contribution in [3.63, 3.8) is 0 Å². The molecule has 0 aromatic heterocycles.